The van der Waals surface area contributed by atoms with E-state index < -0.39 is 0 Å². The van der Waals surface area contributed by atoms with Crippen LogP contribution < -0.4 is 0 Å². The maximum atomic E-state index is 13.9. The van der Waals surface area contributed by atoms with E-state index in [1.165, 1.54) is 6.07 Å². The SMILES string of the molecule is Cc1cc(-c2nc(-c3ccccc3)nn2CC(=O)N2CCC(CCc3ccccn3)CC2)ccc1F. The van der Waals surface area contributed by atoms with Crippen molar-refractivity contribution in [1.29, 1.82) is 0 Å². The summed E-state index contributed by atoms with van der Waals surface area (Å²) in [5.74, 6) is 1.48. The predicted octanol–water partition coefficient (Wildman–Crippen LogP) is 5.33. The molecule has 36 heavy (non-hydrogen) atoms. The van der Waals surface area contributed by atoms with E-state index in [1.807, 2.05) is 53.6 Å². The number of pyridine rings is 1. The van der Waals surface area contributed by atoms with Gasteiger partial charge < -0.3 is 4.90 Å². The summed E-state index contributed by atoms with van der Waals surface area (Å²) in [4.78, 5) is 24.4. The van der Waals surface area contributed by atoms with Crippen LogP contribution in [0.1, 0.15) is 30.5 Å². The van der Waals surface area contributed by atoms with Gasteiger partial charge in [0.15, 0.2) is 11.6 Å². The van der Waals surface area contributed by atoms with Crippen LogP contribution in [0.2, 0.25) is 0 Å². The molecule has 0 N–H and O–H groups in total. The third-order valence-electron chi connectivity index (χ3n) is 6.91. The monoisotopic (exact) mass is 483 g/mol. The average molecular weight is 484 g/mol. The van der Waals surface area contributed by atoms with Crippen LogP contribution in [0.4, 0.5) is 4.39 Å². The van der Waals surface area contributed by atoms with Crippen molar-refractivity contribution in [3.63, 3.8) is 0 Å². The Labute approximate surface area is 210 Å². The summed E-state index contributed by atoms with van der Waals surface area (Å²) >= 11 is 0. The molecule has 3 heterocycles. The Morgan fingerprint density at radius 3 is 2.50 bits per heavy atom. The quantitative estimate of drug-likeness (QED) is 0.357. The van der Waals surface area contributed by atoms with Crippen LogP contribution in [0.5, 0.6) is 0 Å². The summed E-state index contributed by atoms with van der Waals surface area (Å²) in [6, 6.07) is 20.6. The van der Waals surface area contributed by atoms with Crippen molar-refractivity contribution in [2.75, 3.05) is 13.1 Å². The standard InChI is InChI=1S/C29H30FN5O/c1-21-19-24(11-13-26(21)30)29-32-28(23-7-3-2-4-8-23)33-35(29)20-27(36)34-17-14-22(15-18-34)10-12-25-9-5-6-16-31-25/h2-9,11,13,16,19,22H,10,12,14-15,17-18,20H2,1H3. The van der Waals surface area contributed by atoms with Crippen LogP contribution in [0.15, 0.2) is 72.9 Å². The highest BCUT2D eigenvalue weighted by Gasteiger charge is 2.25. The highest BCUT2D eigenvalue weighted by molar-refractivity contribution is 5.77. The fourth-order valence-electron chi connectivity index (χ4n) is 4.76. The van der Waals surface area contributed by atoms with Gasteiger partial charge >= 0.3 is 0 Å². The topological polar surface area (TPSA) is 63.9 Å². The Kier molecular flexibility index (Phi) is 7.16. The molecule has 1 aliphatic heterocycles. The first-order valence-corrected chi connectivity index (χ1v) is 12.5. The molecule has 0 spiro atoms. The summed E-state index contributed by atoms with van der Waals surface area (Å²) in [5.41, 5.74) is 3.27. The highest BCUT2D eigenvalue weighted by Crippen LogP contribution is 2.26. The fourth-order valence-corrected chi connectivity index (χ4v) is 4.76. The van der Waals surface area contributed by atoms with Crippen LogP contribution in [0.25, 0.3) is 22.8 Å². The molecule has 184 valence electrons. The number of piperidine rings is 1. The number of nitrogens with zero attached hydrogens (tertiary/aromatic N) is 5. The Morgan fingerprint density at radius 2 is 1.78 bits per heavy atom. The molecule has 6 nitrogen and oxygen atoms in total. The number of aryl methyl sites for hydroxylation is 2. The van der Waals surface area contributed by atoms with Crippen LogP contribution in [-0.4, -0.2) is 43.6 Å². The van der Waals surface area contributed by atoms with Crippen molar-refractivity contribution in [3.8, 4) is 22.8 Å². The van der Waals surface area contributed by atoms with Crippen LogP contribution in [0.3, 0.4) is 0 Å². The lowest BCUT2D eigenvalue weighted by Gasteiger charge is -2.32. The molecule has 1 fully saturated rings. The Balaban J connectivity index is 1.28. The smallest absolute Gasteiger partial charge is 0.244 e. The second-order valence-electron chi connectivity index (χ2n) is 9.43. The molecule has 4 aromatic rings. The minimum Gasteiger partial charge on any atom is -0.341 e. The van der Waals surface area contributed by atoms with Crippen molar-refractivity contribution in [2.45, 2.75) is 39.2 Å². The van der Waals surface area contributed by atoms with E-state index in [2.05, 4.69) is 16.1 Å². The molecule has 0 atom stereocenters. The van der Waals surface area contributed by atoms with E-state index in [4.69, 9.17) is 4.98 Å². The van der Waals surface area contributed by atoms with Gasteiger partial charge in [-0.1, -0.05) is 36.4 Å². The van der Waals surface area contributed by atoms with Gasteiger partial charge in [0, 0.05) is 36.1 Å². The molecule has 0 radical (unpaired) electrons. The maximum Gasteiger partial charge on any atom is 0.244 e. The number of carbonyl (C=O) groups is 1. The molecule has 0 bridgehead atoms. The Morgan fingerprint density at radius 1 is 1.00 bits per heavy atom. The van der Waals surface area contributed by atoms with Gasteiger partial charge in [-0.2, -0.15) is 0 Å². The molecule has 7 heteroatoms. The molecule has 2 aromatic heterocycles. The van der Waals surface area contributed by atoms with E-state index in [0.29, 0.717) is 23.1 Å². The van der Waals surface area contributed by atoms with E-state index in [0.717, 1.165) is 55.6 Å². The third kappa shape index (κ3) is 5.51. The molecule has 1 amide bonds. The third-order valence-corrected chi connectivity index (χ3v) is 6.91. The van der Waals surface area contributed by atoms with Crippen molar-refractivity contribution in [3.05, 3.63) is 90.0 Å². The summed E-state index contributed by atoms with van der Waals surface area (Å²) in [6.45, 7) is 3.32. The van der Waals surface area contributed by atoms with Crippen LogP contribution in [0, 0.1) is 18.7 Å². The highest BCUT2D eigenvalue weighted by atomic mass is 19.1. The zero-order valence-corrected chi connectivity index (χ0v) is 20.5. The first kappa shape index (κ1) is 23.9. The van der Waals surface area contributed by atoms with Gasteiger partial charge in [-0.05, 0) is 74.4 Å². The lowest BCUT2D eigenvalue weighted by molar-refractivity contribution is -0.133. The van der Waals surface area contributed by atoms with Crippen molar-refractivity contribution in [1.82, 2.24) is 24.6 Å². The van der Waals surface area contributed by atoms with Gasteiger partial charge in [-0.15, -0.1) is 5.10 Å². The number of carbonyl (C=O) groups excluding carboxylic acids is 1. The summed E-state index contributed by atoms with van der Waals surface area (Å²) in [5, 5.41) is 4.68. The number of aromatic nitrogens is 4. The lowest BCUT2D eigenvalue weighted by Crippen LogP contribution is -2.40. The van der Waals surface area contributed by atoms with E-state index in [-0.39, 0.29) is 18.3 Å². The first-order valence-electron chi connectivity index (χ1n) is 12.5. The molecule has 1 aliphatic rings. The van der Waals surface area contributed by atoms with Crippen LogP contribution in [-0.2, 0) is 17.8 Å². The second kappa shape index (κ2) is 10.8. The Bertz CT molecular complexity index is 1310. The number of hydrogen-bond acceptors (Lipinski definition) is 4. The minimum absolute atomic E-state index is 0.0303. The molecular formula is C29H30FN5O. The fraction of sp³-hybridized carbons (Fsp3) is 0.310. The van der Waals surface area contributed by atoms with E-state index >= 15 is 0 Å². The number of halogens is 1. The molecular weight excluding hydrogens is 453 g/mol. The van der Waals surface area contributed by atoms with Crippen molar-refractivity contribution in [2.24, 2.45) is 5.92 Å². The first-order chi connectivity index (χ1) is 17.6. The van der Waals surface area contributed by atoms with E-state index in [1.54, 1.807) is 23.7 Å². The minimum atomic E-state index is -0.268. The zero-order chi connectivity index (χ0) is 24.9. The number of benzene rings is 2. The Hall–Kier alpha value is -3.87. The molecule has 0 unspecified atom stereocenters. The average Bonchev–Trinajstić information content (AvgIpc) is 3.34. The van der Waals surface area contributed by atoms with Crippen molar-refractivity contribution < 1.29 is 9.18 Å². The number of likely N-dealkylation sites (tertiary alicyclic amines) is 1. The molecule has 0 saturated carbocycles. The largest absolute Gasteiger partial charge is 0.341 e. The maximum absolute atomic E-state index is 13.9. The molecule has 2 aromatic carbocycles. The molecule has 0 aliphatic carbocycles. The van der Waals surface area contributed by atoms with Gasteiger partial charge in [0.25, 0.3) is 0 Å². The van der Waals surface area contributed by atoms with Gasteiger partial charge in [-0.3, -0.25) is 9.78 Å². The van der Waals surface area contributed by atoms with Crippen molar-refractivity contribution >= 4 is 5.91 Å². The van der Waals surface area contributed by atoms with Gasteiger partial charge in [0.1, 0.15) is 12.4 Å². The van der Waals surface area contributed by atoms with Crippen LogP contribution >= 0.6 is 0 Å². The van der Waals surface area contributed by atoms with Gasteiger partial charge in [0.05, 0.1) is 0 Å². The van der Waals surface area contributed by atoms with Gasteiger partial charge in [0.2, 0.25) is 5.91 Å². The number of hydrogen-bond donors (Lipinski definition) is 0. The second-order valence-corrected chi connectivity index (χ2v) is 9.43. The van der Waals surface area contributed by atoms with Gasteiger partial charge in [-0.25, -0.2) is 14.1 Å². The van der Waals surface area contributed by atoms with E-state index in [9.17, 15) is 9.18 Å². The summed E-state index contributed by atoms with van der Waals surface area (Å²) in [7, 11) is 0. The zero-order valence-electron chi connectivity index (χ0n) is 20.5. The summed E-state index contributed by atoms with van der Waals surface area (Å²) < 4.78 is 15.6. The molecule has 1 saturated heterocycles. The lowest BCUT2D eigenvalue weighted by atomic mass is 9.91. The predicted molar refractivity (Wildman–Crippen MR) is 137 cm³/mol. The number of amides is 1. The molecule has 5 rings (SSSR count). The number of rotatable bonds is 7. The normalized spacial score (nSPS) is 14.2. The summed E-state index contributed by atoms with van der Waals surface area (Å²) in [6.07, 6.45) is 5.90.